The van der Waals surface area contributed by atoms with Crippen LogP contribution in [-0.2, 0) is 16.1 Å². The highest BCUT2D eigenvalue weighted by atomic mass is 19.1. The molecule has 0 unspecified atom stereocenters. The van der Waals surface area contributed by atoms with E-state index in [1.54, 1.807) is 6.07 Å². The first-order valence-corrected chi connectivity index (χ1v) is 8.62. The molecule has 0 N–H and O–H groups in total. The Labute approximate surface area is 157 Å². The summed E-state index contributed by atoms with van der Waals surface area (Å²) in [6.45, 7) is 6.15. The fourth-order valence-electron chi connectivity index (χ4n) is 2.81. The number of rotatable bonds is 7. The molecule has 0 aliphatic rings. The number of aryl methyl sites for hydroxylation is 1. The molecule has 0 spiro atoms. The van der Waals surface area contributed by atoms with Crippen molar-refractivity contribution >= 4 is 17.8 Å². The number of nitriles is 1. The maximum atomic E-state index is 13.6. The van der Waals surface area contributed by atoms with E-state index >= 15 is 0 Å². The van der Waals surface area contributed by atoms with Crippen molar-refractivity contribution in [2.24, 2.45) is 0 Å². The van der Waals surface area contributed by atoms with Gasteiger partial charge in [0.1, 0.15) is 17.5 Å². The number of aromatic nitrogens is 1. The highest BCUT2D eigenvalue weighted by Crippen LogP contribution is 2.19. The highest BCUT2D eigenvalue weighted by molar-refractivity contribution is 6.02. The number of halogens is 1. The largest absolute Gasteiger partial charge is 0.453 e. The van der Waals surface area contributed by atoms with E-state index in [0.717, 1.165) is 36.0 Å². The van der Waals surface area contributed by atoms with Gasteiger partial charge in [0.2, 0.25) is 5.78 Å². The summed E-state index contributed by atoms with van der Waals surface area (Å²) in [7, 11) is 0. The van der Waals surface area contributed by atoms with Crippen molar-refractivity contribution < 1.29 is 18.7 Å². The normalized spacial score (nSPS) is 11.1. The average Bonchev–Trinajstić information content (AvgIpc) is 2.92. The van der Waals surface area contributed by atoms with Gasteiger partial charge in [-0.3, -0.25) is 4.79 Å². The van der Waals surface area contributed by atoms with Crippen LogP contribution in [0.1, 0.15) is 40.7 Å². The van der Waals surface area contributed by atoms with E-state index in [2.05, 4.69) is 11.5 Å². The van der Waals surface area contributed by atoms with Crippen LogP contribution < -0.4 is 0 Å². The first-order valence-electron chi connectivity index (χ1n) is 8.62. The van der Waals surface area contributed by atoms with Gasteiger partial charge in [-0.05, 0) is 50.1 Å². The van der Waals surface area contributed by atoms with E-state index in [9.17, 15) is 19.2 Å². The summed E-state index contributed by atoms with van der Waals surface area (Å²) >= 11 is 0. The van der Waals surface area contributed by atoms with Crippen LogP contribution in [0.3, 0.4) is 0 Å². The third kappa shape index (κ3) is 4.70. The van der Waals surface area contributed by atoms with Gasteiger partial charge in [-0.1, -0.05) is 19.1 Å². The van der Waals surface area contributed by atoms with E-state index in [-0.39, 0.29) is 11.1 Å². The van der Waals surface area contributed by atoms with Crippen LogP contribution in [0.4, 0.5) is 4.39 Å². The number of hydrogen-bond acceptors (Lipinski definition) is 4. The molecule has 2 aromatic rings. The summed E-state index contributed by atoms with van der Waals surface area (Å²) in [5.74, 6) is -2.26. The predicted octanol–water partition coefficient (Wildman–Crippen LogP) is 3.99. The SMILES string of the molecule is CCCn1c(C)cc(/C=C(\C#N)C(=O)OCC(=O)c2ccccc2F)c1C. The standard InChI is InChI=1S/C21H21FN2O3/c1-4-9-24-14(2)10-16(15(24)3)11-17(12-23)21(26)27-13-20(25)18-7-5-6-8-19(18)22/h5-8,10-11H,4,9,13H2,1-3H3/b17-11+. The van der Waals surface area contributed by atoms with Crippen molar-refractivity contribution in [1.82, 2.24) is 4.57 Å². The fraction of sp³-hybridized carbons (Fsp3) is 0.286. The Morgan fingerprint density at radius 2 is 2.00 bits per heavy atom. The summed E-state index contributed by atoms with van der Waals surface area (Å²) in [6, 6.07) is 9.14. The molecule has 0 aliphatic heterocycles. The summed E-state index contributed by atoms with van der Waals surface area (Å²) in [5, 5.41) is 9.28. The maximum Gasteiger partial charge on any atom is 0.349 e. The van der Waals surface area contributed by atoms with Gasteiger partial charge in [-0.2, -0.15) is 5.26 Å². The van der Waals surface area contributed by atoms with Crippen LogP contribution in [-0.4, -0.2) is 22.9 Å². The number of Topliss-reactive ketones (excluding diaryl/α,β-unsaturated/α-hetero) is 1. The van der Waals surface area contributed by atoms with Gasteiger partial charge in [-0.25, -0.2) is 9.18 Å². The Morgan fingerprint density at radius 3 is 2.63 bits per heavy atom. The molecule has 0 bridgehead atoms. The minimum atomic E-state index is -0.914. The Kier molecular flexibility index (Phi) is 6.67. The molecule has 140 valence electrons. The van der Waals surface area contributed by atoms with Crippen LogP contribution in [0.5, 0.6) is 0 Å². The molecular weight excluding hydrogens is 347 g/mol. The number of esters is 1. The van der Waals surface area contributed by atoms with Gasteiger partial charge in [0.25, 0.3) is 0 Å². The van der Waals surface area contributed by atoms with Gasteiger partial charge in [0, 0.05) is 17.9 Å². The van der Waals surface area contributed by atoms with Gasteiger partial charge in [0.05, 0.1) is 5.56 Å². The smallest absolute Gasteiger partial charge is 0.349 e. The lowest BCUT2D eigenvalue weighted by atomic mass is 10.1. The van der Waals surface area contributed by atoms with Gasteiger partial charge in [-0.15, -0.1) is 0 Å². The zero-order valence-electron chi connectivity index (χ0n) is 15.6. The Hall–Kier alpha value is -3.20. The van der Waals surface area contributed by atoms with E-state index < -0.39 is 24.2 Å². The van der Waals surface area contributed by atoms with Crippen molar-refractivity contribution in [3.63, 3.8) is 0 Å². The van der Waals surface area contributed by atoms with Crippen LogP contribution in [0, 0.1) is 31.0 Å². The Morgan fingerprint density at radius 1 is 1.30 bits per heavy atom. The number of ketones is 1. The summed E-state index contributed by atoms with van der Waals surface area (Å²) in [6.07, 6.45) is 2.41. The van der Waals surface area contributed by atoms with Crippen LogP contribution in [0.2, 0.25) is 0 Å². The van der Waals surface area contributed by atoms with Crippen molar-refractivity contribution in [1.29, 1.82) is 5.26 Å². The molecule has 5 nitrogen and oxygen atoms in total. The molecule has 0 radical (unpaired) electrons. The van der Waals surface area contributed by atoms with E-state index in [0.29, 0.717) is 0 Å². The molecule has 0 saturated heterocycles. The fourth-order valence-corrected chi connectivity index (χ4v) is 2.81. The zero-order valence-corrected chi connectivity index (χ0v) is 15.6. The lowest BCUT2D eigenvalue weighted by Crippen LogP contribution is -2.16. The lowest BCUT2D eigenvalue weighted by Gasteiger charge is -2.07. The number of hydrogen-bond donors (Lipinski definition) is 0. The number of carbonyl (C=O) groups excluding carboxylic acids is 2. The third-order valence-corrected chi connectivity index (χ3v) is 4.21. The minimum absolute atomic E-state index is 0.157. The lowest BCUT2D eigenvalue weighted by molar-refractivity contribution is -0.137. The first kappa shape index (κ1) is 20.1. The van der Waals surface area contributed by atoms with Crippen LogP contribution >= 0.6 is 0 Å². The van der Waals surface area contributed by atoms with Crippen molar-refractivity contribution in [3.05, 3.63) is 64.2 Å². The zero-order chi connectivity index (χ0) is 20.0. The molecule has 6 heteroatoms. The van der Waals surface area contributed by atoms with E-state index in [4.69, 9.17) is 4.74 Å². The first-order chi connectivity index (χ1) is 12.9. The minimum Gasteiger partial charge on any atom is -0.453 e. The van der Waals surface area contributed by atoms with E-state index in [1.165, 1.54) is 24.3 Å². The average molecular weight is 368 g/mol. The second kappa shape index (κ2) is 8.95. The molecule has 0 saturated carbocycles. The monoisotopic (exact) mass is 368 g/mol. The number of ether oxygens (including phenoxy) is 1. The predicted molar refractivity (Wildman–Crippen MR) is 99.5 cm³/mol. The Bertz CT molecular complexity index is 935. The molecule has 27 heavy (non-hydrogen) atoms. The van der Waals surface area contributed by atoms with E-state index in [1.807, 2.05) is 19.9 Å². The van der Waals surface area contributed by atoms with Gasteiger partial charge in [0.15, 0.2) is 6.61 Å². The Balaban J connectivity index is 2.14. The quantitative estimate of drug-likeness (QED) is 0.321. The molecule has 1 aromatic heterocycles. The molecule has 0 amide bonds. The second-order valence-corrected chi connectivity index (χ2v) is 6.13. The van der Waals surface area contributed by atoms with Gasteiger partial charge >= 0.3 is 5.97 Å². The topological polar surface area (TPSA) is 72.1 Å². The molecule has 0 aliphatic carbocycles. The van der Waals surface area contributed by atoms with Gasteiger partial charge < -0.3 is 9.30 Å². The van der Waals surface area contributed by atoms with Crippen molar-refractivity contribution in [2.45, 2.75) is 33.7 Å². The molecular formula is C21H21FN2O3. The molecule has 2 rings (SSSR count). The molecule has 1 aromatic carbocycles. The third-order valence-electron chi connectivity index (χ3n) is 4.21. The maximum absolute atomic E-state index is 13.6. The second-order valence-electron chi connectivity index (χ2n) is 6.13. The molecule has 0 atom stereocenters. The van der Waals surface area contributed by atoms with Crippen LogP contribution in [0.25, 0.3) is 6.08 Å². The van der Waals surface area contributed by atoms with Crippen LogP contribution in [0.15, 0.2) is 35.9 Å². The summed E-state index contributed by atoms with van der Waals surface area (Å²) in [5.41, 5.74) is 2.34. The summed E-state index contributed by atoms with van der Waals surface area (Å²) in [4.78, 5) is 24.2. The highest BCUT2D eigenvalue weighted by Gasteiger charge is 2.17. The van der Waals surface area contributed by atoms with Crippen molar-refractivity contribution in [3.8, 4) is 6.07 Å². The number of benzene rings is 1. The number of nitrogens with zero attached hydrogens (tertiary/aromatic N) is 2. The molecule has 1 heterocycles. The number of carbonyl (C=O) groups is 2. The summed E-state index contributed by atoms with van der Waals surface area (Å²) < 4.78 is 20.6. The molecule has 0 fully saturated rings. The van der Waals surface area contributed by atoms with Crippen molar-refractivity contribution in [2.75, 3.05) is 6.61 Å².